The molecule has 0 spiro atoms. The van der Waals surface area contributed by atoms with Crippen LogP contribution in [0.1, 0.15) is 41.5 Å². The van der Waals surface area contributed by atoms with Crippen molar-refractivity contribution in [2.24, 2.45) is 0 Å². The first-order chi connectivity index (χ1) is 9.80. The Balaban J connectivity index is 2.27. The summed E-state index contributed by atoms with van der Waals surface area (Å²) in [4.78, 5) is 4.32. The van der Waals surface area contributed by atoms with Gasteiger partial charge in [-0.05, 0) is 47.6 Å². The van der Waals surface area contributed by atoms with Gasteiger partial charge in [0.2, 0.25) is 0 Å². The molecule has 0 unspecified atom stereocenters. The summed E-state index contributed by atoms with van der Waals surface area (Å²) < 4.78 is 23.1. The molecule has 0 saturated carbocycles. The predicted molar refractivity (Wildman–Crippen MR) is 82.3 cm³/mol. The van der Waals surface area contributed by atoms with Crippen molar-refractivity contribution in [1.82, 2.24) is 4.98 Å². The Kier molecular flexibility index (Phi) is 4.49. The maximum Gasteiger partial charge on any atom is 0.496 e. The van der Waals surface area contributed by atoms with Crippen molar-refractivity contribution in [3.05, 3.63) is 12.3 Å². The molecule has 0 atom stereocenters. The van der Waals surface area contributed by atoms with E-state index in [1.807, 2.05) is 47.6 Å². The van der Waals surface area contributed by atoms with E-state index in [2.05, 4.69) is 4.98 Å². The van der Waals surface area contributed by atoms with Gasteiger partial charge < -0.3 is 18.8 Å². The van der Waals surface area contributed by atoms with Crippen molar-refractivity contribution in [3.8, 4) is 11.6 Å². The van der Waals surface area contributed by atoms with Crippen LogP contribution in [0.5, 0.6) is 11.6 Å². The van der Waals surface area contributed by atoms with Crippen LogP contribution in [0, 0.1) is 0 Å². The third-order valence-electron chi connectivity index (χ3n) is 3.95. The average molecular weight is 293 g/mol. The van der Waals surface area contributed by atoms with Gasteiger partial charge in [0.1, 0.15) is 0 Å². The van der Waals surface area contributed by atoms with Crippen LogP contribution in [0.2, 0.25) is 0 Å². The maximum absolute atomic E-state index is 6.02. The second-order valence-electron chi connectivity index (χ2n) is 6.03. The van der Waals surface area contributed by atoms with Crippen molar-refractivity contribution < 1.29 is 18.8 Å². The molecular formula is C15H24BNO4. The van der Waals surface area contributed by atoms with Crippen LogP contribution < -0.4 is 14.9 Å². The first kappa shape index (κ1) is 16.1. The first-order valence-corrected chi connectivity index (χ1v) is 7.42. The Hall–Kier alpha value is -1.27. The number of aromatic nitrogens is 1. The molecule has 1 aromatic rings. The Morgan fingerprint density at radius 3 is 2.14 bits per heavy atom. The molecule has 116 valence electrons. The summed E-state index contributed by atoms with van der Waals surface area (Å²) in [5.41, 5.74) is 0.0879. The van der Waals surface area contributed by atoms with E-state index in [9.17, 15) is 0 Å². The number of nitrogens with zero attached hydrogens (tertiary/aromatic N) is 1. The molecule has 0 radical (unpaired) electrons. The summed E-state index contributed by atoms with van der Waals surface area (Å²) in [7, 11) is -0.447. The fourth-order valence-corrected chi connectivity index (χ4v) is 2.06. The summed E-state index contributed by atoms with van der Waals surface area (Å²) in [6.45, 7) is 13.0. The van der Waals surface area contributed by atoms with Gasteiger partial charge in [-0.1, -0.05) is 0 Å². The molecule has 0 aromatic carbocycles. The number of hydrogen-bond acceptors (Lipinski definition) is 5. The summed E-state index contributed by atoms with van der Waals surface area (Å²) in [6.07, 6.45) is 1.72. The van der Waals surface area contributed by atoms with E-state index >= 15 is 0 Å². The van der Waals surface area contributed by atoms with Crippen LogP contribution >= 0.6 is 0 Å². The number of hydrogen-bond donors (Lipinski definition) is 0. The van der Waals surface area contributed by atoms with Crippen LogP contribution in [-0.4, -0.2) is 36.5 Å². The number of rotatable bonds is 5. The van der Waals surface area contributed by atoms with Crippen molar-refractivity contribution in [1.29, 1.82) is 0 Å². The molecule has 1 saturated heterocycles. The minimum absolute atomic E-state index is 0.373. The van der Waals surface area contributed by atoms with Crippen molar-refractivity contribution >= 4 is 12.6 Å². The molecule has 5 nitrogen and oxygen atoms in total. The lowest BCUT2D eigenvalue weighted by atomic mass is 9.80. The SMILES string of the molecule is CCOc1cc(B2OC(C)(C)C(C)(C)O2)cnc1OCC. The molecule has 2 heterocycles. The molecular weight excluding hydrogens is 269 g/mol. The van der Waals surface area contributed by atoms with Crippen LogP contribution in [-0.2, 0) is 9.31 Å². The van der Waals surface area contributed by atoms with Crippen LogP contribution in [0.15, 0.2) is 12.3 Å². The van der Waals surface area contributed by atoms with Gasteiger partial charge in [0.15, 0.2) is 5.75 Å². The fraction of sp³-hybridized carbons (Fsp3) is 0.667. The topological polar surface area (TPSA) is 49.8 Å². The second-order valence-corrected chi connectivity index (χ2v) is 6.03. The monoisotopic (exact) mass is 293 g/mol. The van der Waals surface area contributed by atoms with E-state index in [0.717, 1.165) is 5.46 Å². The molecule has 0 amide bonds. The number of pyridine rings is 1. The predicted octanol–water partition coefficient (Wildman–Crippen LogP) is 2.18. The Bertz CT molecular complexity index is 488. The smallest absolute Gasteiger partial charge is 0.488 e. The highest BCUT2D eigenvalue weighted by molar-refractivity contribution is 6.62. The summed E-state index contributed by atoms with van der Waals surface area (Å²) >= 11 is 0. The lowest BCUT2D eigenvalue weighted by Crippen LogP contribution is -2.41. The van der Waals surface area contributed by atoms with Crippen molar-refractivity contribution in [2.75, 3.05) is 13.2 Å². The summed E-state index contributed by atoms with van der Waals surface area (Å²) in [5, 5.41) is 0. The highest BCUT2D eigenvalue weighted by atomic mass is 16.7. The zero-order chi connectivity index (χ0) is 15.7. The highest BCUT2D eigenvalue weighted by Crippen LogP contribution is 2.36. The second kappa shape index (κ2) is 5.85. The minimum atomic E-state index is -0.447. The van der Waals surface area contributed by atoms with Gasteiger partial charge in [-0.25, -0.2) is 4.98 Å². The molecule has 1 fully saturated rings. The molecule has 1 aliphatic heterocycles. The Morgan fingerprint density at radius 1 is 1.05 bits per heavy atom. The third-order valence-corrected chi connectivity index (χ3v) is 3.95. The van der Waals surface area contributed by atoms with E-state index in [1.54, 1.807) is 6.20 Å². The van der Waals surface area contributed by atoms with E-state index in [-0.39, 0.29) is 11.2 Å². The zero-order valence-electron chi connectivity index (χ0n) is 13.7. The standard InChI is InChI=1S/C15H24BNO4/c1-7-18-12-9-11(10-17-13(12)19-8-2)16-20-14(3,4)15(5,6)21-16/h9-10H,7-8H2,1-6H3. The van der Waals surface area contributed by atoms with Gasteiger partial charge in [-0.3, -0.25) is 0 Å². The Labute approximate surface area is 127 Å². The van der Waals surface area contributed by atoms with Gasteiger partial charge >= 0.3 is 7.12 Å². The normalized spacial score (nSPS) is 19.6. The van der Waals surface area contributed by atoms with Gasteiger partial charge in [0.25, 0.3) is 5.88 Å². The van der Waals surface area contributed by atoms with Gasteiger partial charge in [-0.15, -0.1) is 0 Å². The third kappa shape index (κ3) is 3.16. The van der Waals surface area contributed by atoms with E-state index < -0.39 is 7.12 Å². The van der Waals surface area contributed by atoms with Crippen LogP contribution in [0.3, 0.4) is 0 Å². The molecule has 1 aromatic heterocycles. The molecule has 1 aliphatic rings. The molecule has 0 aliphatic carbocycles. The van der Waals surface area contributed by atoms with Gasteiger partial charge in [0, 0.05) is 11.7 Å². The van der Waals surface area contributed by atoms with Gasteiger partial charge in [0.05, 0.1) is 24.4 Å². The Morgan fingerprint density at radius 2 is 1.62 bits per heavy atom. The summed E-state index contributed by atoms with van der Waals surface area (Å²) in [5.74, 6) is 1.12. The molecule has 0 bridgehead atoms. The van der Waals surface area contributed by atoms with Crippen LogP contribution in [0.25, 0.3) is 0 Å². The van der Waals surface area contributed by atoms with Crippen molar-refractivity contribution in [3.63, 3.8) is 0 Å². The minimum Gasteiger partial charge on any atom is -0.488 e. The molecule has 21 heavy (non-hydrogen) atoms. The fourth-order valence-electron chi connectivity index (χ4n) is 2.06. The van der Waals surface area contributed by atoms with E-state index in [1.165, 1.54) is 0 Å². The van der Waals surface area contributed by atoms with E-state index in [4.69, 9.17) is 18.8 Å². The van der Waals surface area contributed by atoms with Crippen molar-refractivity contribution in [2.45, 2.75) is 52.7 Å². The quantitative estimate of drug-likeness (QED) is 0.779. The maximum atomic E-state index is 6.02. The highest BCUT2D eigenvalue weighted by Gasteiger charge is 2.52. The van der Waals surface area contributed by atoms with Crippen LogP contribution in [0.4, 0.5) is 0 Å². The van der Waals surface area contributed by atoms with E-state index in [0.29, 0.717) is 24.8 Å². The van der Waals surface area contributed by atoms with Gasteiger partial charge in [-0.2, -0.15) is 0 Å². The zero-order valence-corrected chi connectivity index (χ0v) is 13.7. The summed E-state index contributed by atoms with van der Waals surface area (Å²) in [6, 6.07) is 1.88. The first-order valence-electron chi connectivity index (χ1n) is 7.42. The lowest BCUT2D eigenvalue weighted by Gasteiger charge is -2.32. The number of ether oxygens (including phenoxy) is 2. The largest absolute Gasteiger partial charge is 0.496 e. The molecule has 0 N–H and O–H groups in total. The molecule has 2 rings (SSSR count). The lowest BCUT2D eigenvalue weighted by molar-refractivity contribution is 0.00578. The average Bonchev–Trinajstić information content (AvgIpc) is 2.61. The molecule has 6 heteroatoms.